The van der Waals surface area contributed by atoms with Crippen molar-refractivity contribution < 1.29 is 13.2 Å². The molecule has 1 aliphatic heterocycles. The molecule has 1 aromatic carbocycles. The maximum Gasteiger partial charge on any atom is 0.254 e. The Balaban J connectivity index is 2.48. The van der Waals surface area contributed by atoms with Crippen LogP contribution in [0.5, 0.6) is 0 Å². The SMILES string of the molecule is CCC1CCCN1C(=O)c1cc(S(N)(=O)=O)cc(C)c1C. The number of aryl methyl sites for hydroxylation is 1. The van der Waals surface area contributed by atoms with Crippen LogP contribution in [0.15, 0.2) is 17.0 Å². The van der Waals surface area contributed by atoms with Gasteiger partial charge in [0.2, 0.25) is 10.0 Å². The molecular formula is C15H22N2O3S. The molecule has 1 saturated heterocycles. The molecule has 1 unspecified atom stereocenters. The summed E-state index contributed by atoms with van der Waals surface area (Å²) < 4.78 is 23.1. The quantitative estimate of drug-likeness (QED) is 0.926. The smallest absolute Gasteiger partial charge is 0.254 e. The summed E-state index contributed by atoms with van der Waals surface area (Å²) in [5, 5.41) is 5.20. The van der Waals surface area contributed by atoms with Crippen LogP contribution in [-0.2, 0) is 10.0 Å². The van der Waals surface area contributed by atoms with Crippen LogP contribution in [-0.4, -0.2) is 31.8 Å². The number of primary sulfonamides is 1. The van der Waals surface area contributed by atoms with E-state index >= 15 is 0 Å². The van der Waals surface area contributed by atoms with Crippen LogP contribution in [0.25, 0.3) is 0 Å². The van der Waals surface area contributed by atoms with Gasteiger partial charge in [-0.3, -0.25) is 4.79 Å². The zero-order valence-electron chi connectivity index (χ0n) is 12.7. The van der Waals surface area contributed by atoms with Gasteiger partial charge in [0.05, 0.1) is 4.90 Å². The minimum absolute atomic E-state index is 0.00111. The Labute approximate surface area is 126 Å². The van der Waals surface area contributed by atoms with Crippen molar-refractivity contribution in [3.8, 4) is 0 Å². The summed E-state index contributed by atoms with van der Waals surface area (Å²) in [6, 6.07) is 3.17. The molecule has 21 heavy (non-hydrogen) atoms. The van der Waals surface area contributed by atoms with E-state index in [0.717, 1.165) is 36.9 Å². The van der Waals surface area contributed by atoms with Crippen LogP contribution in [0.1, 0.15) is 47.7 Å². The molecule has 1 amide bonds. The third-order valence-electron chi connectivity index (χ3n) is 4.31. The topological polar surface area (TPSA) is 80.5 Å². The van der Waals surface area contributed by atoms with Gasteiger partial charge < -0.3 is 4.90 Å². The number of hydrogen-bond donors (Lipinski definition) is 1. The number of carbonyl (C=O) groups is 1. The molecular weight excluding hydrogens is 288 g/mol. The molecule has 0 aliphatic carbocycles. The fraction of sp³-hybridized carbons (Fsp3) is 0.533. The number of nitrogens with zero attached hydrogens (tertiary/aromatic N) is 1. The third-order valence-corrected chi connectivity index (χ3v) is 5.20. The highest BCUT2D eigenvalue weighted by molar-refractivity contribution is 7.89. The summed E-state index contributed by atoms with van der Waals surface area (Å²) in [7, 11) is -3.81. The first-order valence-corrected chi connectivity index (χ1v) is 8.75. The van der Waals surface area contributed by atoms with Gasteiger partial charge in [0.25, 0.3) is 5.91 Å². The molecule has 116 valence electrons. The average molecular weight is 310 g/mol. The summed E-state index contributed by atoms with van der Waals surface area (Å²) in [6.07, 6.45) is 2.92. The fourth-order valence-electron chi connectivity index (χ4n) is 2.89. The second-order valence-electron chi connectivity index (χ2n) is 5.66. The predicted octanol–water partition coefficient (Wildman–Crippen LogP) is 1.97. The standard InChI is InChI=1S/C15H22N2O3S/c1-4-12-6-5-7-17(12)15(18)14-9-13(21(16,19)20)8-10(2)11(14)3/h8-9,12H,4-7H2,1-3H3,(H2,16,19,20). The van der Waals surface area contributed by atoms with E-state index in [1.54, 1.807) is 6.92 Å². The summed E-state index contributed by atoms with van der Waals surface area (Å²) in [4.78, 5) is 14.6. The molecule has 1 aromatic rings. The van der Waals surface area contributed by atoms with Crippen molar-refractivity contribution in [2.24, 2.45) is 5.14 Å². The zero-order valence-corrected chi connectivity index (χ0v) is 13.5. The highest BCUT2D eigenvalue weighted by Crippen LogP contribution is 2.26. The summed E-state index contributed by atoms with van der Waals surface area (Å²) in [5.41, 5.74) is 2.02. The number of amides is 1. The summed E-state index contributed by atoms with van der Waals surface area (Å²) in [6.45, 7) is 6.43. The van der Waals surface area contributed by atoms with E-state index in [4.69, 9.17) is 5.14 Å². The average Bonchev–Trinajstić information content (AvgIpc) is 2.88. The van der Waals surface area contributed by atoms with E-state index in [1.165, 1.54) is 12.1 Å². The molecule has 0 aromatic heterocycles. The molecule has 2 rings (SSSR count). The Morgan fingerprint density at radius 3 is 2.62 bits per heavy atom. The Hall–Kier alpha value is -1.40. The van der Waals surface area contributed by atoms with E-state index in [0.29, 0.717) is 5.56 Å². The van der Waals surface area contributed by atoms with Gasteiger partial charge in [0.1, 0.15) is 0 Å². The van der Waals surface area contributed by atoms with Crippen molar-refractivity contribution in [1.29, 1.82) is 0 Å². The highest BCUT2D eigenvalue weighted by atomic mass is 32.2. The molecule has 2 N–H and O–H groups in total. The number of rotatable bonds is 3. The van der Waals surface area contributed by atoms with Crippen LogP contribution in [0, 0.1) is 13.8 Å². The minimum atomic E-state index is -3.81. The van der Waals surface area contributed by atoms with Crippen molar-refractivity contribution in [3.63, 3.8) is 0 Å². The van der Waals surface area contributed by atoms with Crippen molar-refractivity contribution in [1.82, 2.24) is 4.90 Å². The van der Waals surface area contributed by atoms with Crippen molar-refractivity contribution in [3.05, 3.63) is 28.8 Å². The van der Waals surface area contributed by atoms with Gasteiger partial charge in [0.15, 0.2) is 0 Å². The molecule has 0 radical (unpaired) electrons. The third kappa shape index (κ3) is 3.11. The van der Waals surface area contributed by atoms with E-state index in [-0.39, 0.29) is 16.8 Å². The Kier molecular flexibility index (Phi) is 4.39. The second kappa shape index (κ2) is 5.77. The molecule has 1 aliphatic rings. The molecule has 0 saturated carbocycles. The molecule has 1 fully saturated rings. The van der Waals surface area contributed by atoms with Crippen LogP contribution < -0.4 is 5.14 Å². The molecule has 1 heterocycles. The first-order chi connectivity index (χ1) is 9.75. The van der Waals surface area contributed by atoms with Crippen LogP contribution in [0.2, 0.25) is 0 Å². The van der Waals surface area contributed by atoms with Crippen molar-refractivity contribution in [2.45, 2.75) is 51.0 Å². The van der Waals surface area contributed by atoms with Crippen LogP contribution >= 0.6 is 0 Å². The molecule has 6 heteroatoms. The molecule has 5 nitrogen and oxygen atoms in total. The van der Waals surface area contributed by atoms with Gasteiger partial charge >= 0.3 is 0 Å². The Morgan fingerprint density at radius 2 is 2.05 bits per heavy atom. The lowest BCUT2D eigenvalue weighted by atomic mass is 10.0. The first-order valence-electron chi connectivity index (χ1n) is 7.20. The maximum atomic E-state index is 12.8. The van der Waals surface area contributed by atoms with Gasteiger partial charge in [-0.15, -0.1) is 0 Å². The van der Waals surface area contributed by atoms with Gasteiger partial charge in [-0.2, -0.15) is 0 Å². The Morgan fingerprint density at radius 1 is 1.38 bits per heavy atom. The lowest BCUT2D eigenvalue weighted by molar-refractivity contribution is 0.0732. The van der Waals surface area contributed by atoms with E-state index < -0.39 is 10.0 Å². The number of benzene rings is 1. The molecule has 0 spiro atoms. The second-order valence-corrected chi connectivity index (χ2v) is 7.22. The summed E-state index contributed by atoms with van der Waals surface area (Å²) >= 11 is 0. The van der Waals surface area contributed by atoms with Crippen molar-refractivity contribution >= 4 is 15.9 Å². The van der Waals surface area contributed by atoms with Crippen LogP contribution in [0.4, 0.5) is 0 Å². The maximum absolute atomic E-state index is 12.8. The highest BCUT2D eigenvalue weighted by Gasteiger charge is 2.29. The predicted molar refractivity (Wildman–Crippen MR) is 81.6 cm³/mol. The minimum Gasteiger partial charge on any atom is -0.336 e. The van der Waals surface area contributed by atoms with E-state index in [2.05, 4.69) is 6.92 Å². The number of likely N-dealkylation sites (tertiary alicyclic amines) is 1. The largest absolute Gasteiger partial charge is 0.336 e. The van der Waals surface area contributed by atoms with Gasteiger partial charge in [0, 0.05) is 18.2 Å². The molecule has 1 atom stereocenters. The van der Waals surface area contributed by atoms with Gasteiger partial charge in [-0.1, -0.05) is 6.92 Å². The number of hydrogen-bond acceptors (Lipinski definition) is 3. The van der Waals surface area contributed by atoms with Crippen molar-refractivity contribution in [2.75, 3.05) is 6.54 Å². The number of sulfonamides is 1. The monoisotopic (exact) mass is 310 g/mol. The number of nitrogens with two attached hydrogens (primary N) is 1. The van der Waals surface area contributed by atoms with E-state index in [1.807, 2.05) is 11.8 Å². The number of carbonyl (C=O) groups excluding carboxylic acids is 1. The molecule has 0 bridgehead atoms. The summed E-state index contributed by atoms with van der Waals surface area (Å²) in [5.74, 6) is -0.0922. The normalized spacial score (nSPS) is 19.0. The Bertz CT molecular complexity index is 668. The fourth-order valence-corrected chi connectivity index (χ4v) is 3.52. The van der Waals surface area contributed by atoms with Gasteiger partial charge in [-0.05, 0) is 56.4 Å². The van der Waals surface area contributed by atoms with Gasteiger partial charge in [-0.25, -0.2) is 13.6 Å². The van der Waals surface area contributed by atoms with E-state index in [9.17, 15) is 13.2 Å². The first kappa shape index (κ1) is 16.0. The zero-order chi connectivity index (χ0) is 15.8. The van der Waals surface area contributed by atoms with Crippen LogP contribution in [0.3, 0.4) is 0 Å². The lowest BCUT2D eigenvalue weighted by Crippen LogP contribution is -2.35. The lowest BCUT2D eigenvalue weighted by Gasteiger charge is -2.25.